The Morgan fingerprint density at radius 1 is 1.06 bits per heavy atom. The van der Waals surface area contributed by atoms with Crippen LogP contribution in [0.1, 0.15) is 16.7 Å². The molecule has 0 amide bonds. The van der Waals surface area contributed by atoms with Gasteiger partial charge in [0.1, 0.15) is 5.75 Å². The standard InChI is InChI=1S/C15H18N2O/c1-11-8-12(2)14(15(18)9-11)10-16-17-13-6-4-3-5-7-13/h3-9,16-18H,10H2,1-2H3. The predicted molar refractivity (Wildman–Crippen MR) is 74.5 cm³/mol. The van der Waals surface area contributed by atoms with Gasteiger partial charge >= 0.3 is 0 Å². The molecule has 0 fully saturated rings. The van der Waals surface area contributed by atoms with Crippen molar-refractivity contribution in [1.29, 1.82) is 0 Å². The average molecular weight is 242 g/mol. The molecule has 0 aliphatic rings. The van der Waals surface area contributed by atoms with E-state index in [1.165, 1.54) is 0 Å². The van der Waals surface area contributed by atoms with Crippen molar-refractivity contribution in [2.45, 2.75) is 20.4 Å². The van der Waals surface area contributed by atoms with Gasteiger partial charge in [0, 0.05) is 17.8 Å². The van der Waals surface area contributed by atoms with Crippen LogP contribution >= 0.6 is 0 Å². The normalized spacial score (nSPS) is 10.3. The summed E-state index contributed by atoms with van der Waals surface area (Å²) in [4.78, 5) is 0. The van der Waals surface area contributed by atoms with Crippen LogP contribution in [0.15, 0.2) is 42.5 Å². The number of aromatic hydroxyl groups is 1. The van der Waals surface area contributed by atoms with Crippen molar-refractivity contribution in [3.8, 4) is 5.75 Å². The number of benzene rings is 2. The van der Waals surface area contributed by atoms with E-state index in [4.69, 9.17) is 0 Å². The van der Waals surface area contributed by atoms with Gasteiger partial charge in [0.15, 0.2) is 0 Å². The lowest BCUT2D eigenvalue weighted by atomic mass is 10.0. The fourth-order valence-corrected chi connectivity index (χ4v) is 1.96. The molecule has 2 aromatic carbocycles. The fraction of sp³-hybridized carbons (Fsp3) is 0.200. The summed E-state index contributed by atoms with van der Waals surface area (Å²) in [6.45, 7) is 4.56. The number of hydrazine groups is 1. The zero-order valence-corrected chi connectivity index (χ0v) is 10.7. The summed E-state index contributed by atoms with van der Waals surface area (Å²) in [5.41, 5.74) is 10.3. The van der Waals surface area contributed by atoms with Crippen molar-refractivity contribution in [3.05, 3.63) is 59.2 Å². The average Bonchev–Trinajstić information content (AvgIpc) is 2.34. The third-order valence-electron chi connectivity index (χ3n) is 2.87. The van der Waals surface area contributed by atoms with Crippen molar-refractivity contribution >= 4 is 5.69 Å². The Labute approximate surface area is 107 Å². The number of hydrogen-bond acceptors (Lipinski definition) is 3. The Morgan fingerprint density at radius 2 is 1.78 bits per heavy atom. The van der Waals surface area contributed by atoms with E-state index in [2.05, 4.69) is 16.9 Å². The Bertz CT molecular complexity index is 500. The Balaban J connectivity index is 1.99. The van der Waals surface area contributed by atoms with Gasteiger partial charge in [-0.2, -0.15) is 0 Å². The number of nitrogens with one attached hydrogen (secondary N) is 2. The molecule has 0 saturated heterocycles. The summed E-state index contributed by atoms with van der Waals surface area (Å²) >= 11 is 0. The lowest BCUT2D eigenvalue weighted by molar-refractivity contribution is 0.465. The van der Waals surface area contributed by atoms with E-state index in [1.807, 2.05) is 44.2 Å². The summed E-state index contributed by atoms with van der Waals surface area (Å²) in [7, 11) is 0. The highest BCUT2D eigenvalue weighted by Crippen LogP contribution is 2.22. The van der Waals surface area contributed by atoms with Crippen molar-refractivity contribution < 1.29 is 5.11 Å². The number of para-hydroxylation sites is 1. The van der Waals surface area contributed by atoms with Crippen LogP contribution in [-0.4, -0.2) is 5.11 Å². The first kappa shape index (κ1) is 12.5. The first-order valence-corrected chi connectivity index (χ1v) is 6.00. The number of rotatable bonds is 4. The maximum Gasteiger partial charge on any atom is 0.120 e. The van der Waals surface area contributed by atoms with Crippen LogP contribution in [0.3, 0.4) is 0 Å². The fourth-order valence-electron chi connectivity index (χ4n) is 1.96. The van der Waals surface area contributed by atoms with Gasteiger partial charge in [0.25, 0.3) is 0 Å². The lowest BCUT2D eigenvalue weighted by Gasteiger charge is -2.12. The van der Waals surface area contributed by atoms with Crippen LogP contribution in [0, 0.1) is 13.8 Å². The Morgan fingerprint density at radius 3 is 2.44 bits per heavy atom. The minimum absolute atomic E-state index is 0.342. The predicted octanol–water partition coefficient (Wildman–Crippen LogP) is 3.13. The van der Waals surface area contributed by atoms with Crippen LogP contribution in [0.25, 0.3) is 0 Å². The van der Waals surface area contributed by atoms with Gasteiger partial charge in [-0.1, -0.05) is 24.3 Å². The number of phenolic OH excluding ortho intramolecular Hbond substituents is 1. The summed E-state index contributed by atoms with van der Waals surface area (Å²) in [6.07, 6.45) is 0. The lowest BCUT2D eigenvalue weighted by Crippen LogP contribution is -2.21. The van der Waals surface area contributed by atoms with E-state index in [1.54, 1.807) is 6.07 Å². The van der Waals surface area contributed by atoms with Crippen molar-refractivity contribution in [2.24, 2.45) is 0 Å². The molecule has 0 radical (unpaired) electrons. The van der Waals surface area contributed by atoms with Gasteiger partial charge in [-0.25, -0.2) is 5.43 Å². The molecule has 0 unspecified atom stereocenters. The van der Waals surface area contributed by atoms with E-state index >= 15 is 0 Å². The molecule has 94 valence electrons. The maximum absolute atomic E-state index is 9.90. The highest BCUT2D eigenvalue weighted by atomic mass is 16.3. The second kappa shape index (κ2) is 5.56. The number of phenols is 1. The number of hydrogen-bond donors (Lipinski definition) is 3. The molecule has 3 nitrogen and oxygen atoms in total. The third-order valence-corrected chi connectivity index (χ3v) is 2.87. The molecule has 0 heterocycles. The molecule has 0 bridgehead atoms. The largest absolute Gasteiger partial charge is 0.508 e. The van der Waals surface area contributed by atoms with Crippen LogP contribution in [-0.2, 0) is 6.54 Å². The van der Waals surface area contributed by atoms with Gasteiger partial charge in [0.05, 0.1) is 0 Å². The van der Waals surface area contributed by atoms with E-state index in [0.29, 0.717) is 12.3 Å². The van der Waals surface area contributed by atoms with Gasteiger partial charge in [-0.15, -0.1) is 0 Å². The Hall–Kier alpha value is -2.00. The highest BCUT2D eigenvalue weighted by molar-refractivity contribution is 5.44. The van der Waals surface area contributed by atoms with E-state index < -0.39 is 0 Å². The van der Waals surface area contributed by atoms with Crippen molar-refractivity contribution in [3.63, 3.8) is 0 Å². The van der Waals surface area contributed by atoms with Crippen LogP contribution in [0.2, 0.25) is 0 Å². The third kappa shape index (κ3) is 3.02. The quantitative estimate of drug-likeness (QED) is 0.722. The van der Waals surface area contributed by atoms with Crippen LogP contribution in [0.4, 0.5) is 5.69 Å². The molecular weight excluding hydrogens is 224 g/mol. The highest BCUT2D eigenvalue weighted by Gasteiger charge is 2.05. The van der Waals surface area contributed by atoms with Gasteiger partial charge in [0.2, 0.25) is 0 Å². The monoisotopic (exact) mass is 242 g/mol. The number of anilines is 1. The summed E-state index contributed by atoms with van der Waals surface area (Å²) in [5, 5.41) is 9.90. The van der Waals surface area contributed by atoms with Crippen LogP contribution in [0.5, 0.6) is 5.75 Å². The van der Waals surface area contributed by atoms with Crippen LogP contribution < -0.4 is 10.9 Å². The Kier molecular flexibility index (Phi) is 3.85. The van der Waals surface area contributed by atoms with E-state index in [-0.39, 0.29) is 0 Å². The molecular formula is C15H18N2O. The molecule has 0 saturated carbocycles. The molecule has 0 aromatic heterocycles. The molecule has 2 rings (SSSR count). The van der Waals surface area contributed by atoms with E-state index in [0.717, 1.165) is 22.4 Å². The second-order valence-electron chi connectivity index (χ2n) is 4.42. The molecule has 0 spiro atoms. The van der Waals surface area contributed by atoms with E-state index in [9.17, 15) is 5.11 Å². The van der Waals surface area contributed by atoms with Crippen molar-refractivity contribution in [2.75, 3.05) is 5.43 Å². The zero-order valence-electron chi connectivity index (χ0n) is 10.7. The first-order valence-electron chi connectivity index (χ1n) is 6.00. The molecule has 18 heavy (non-hydrogen) atoms. The summed E-state index contributed by atoms with van der Waals surface area (Å²) in [6, 6.07) is 13.7. The minimum atomic E-state index is 0.342. The topological polar surface area (TPSA) is 44.3 Å². The summed E-state index contributed by atoms with van der Waals surface area (Å²) < 4.78 is 0. The maximum atomic E-state index is 9.90. The zero-order chi connectivity index (χ0) is 13.0. The molecule has 3 N–H and O–H groups in total. The van der Waals surface area contributed by atoms with Gasteiger partial charge in [-0.05, 0) is 43.2 Å². The smallest absolute Gasteiger partial charge is 0.120 e. The van der Waals surface area contributed by atoms with Gasteiger partial charge in [-0.3, -0.25) is 0 Å². The van der Waals surface area contributed by atoms with Gasteiger partial charge < -0.3 is 10.5 Å². The molecule has 2 aromatic rings. The minimum Gasteiger partial charge on any atom is -0.508 e. The first-order chi connectivity index (χ1) is 8.66. The SMILES string of the molecule is Cc1cc(C)c(CNNc2ccccc2)c(O)c1. The molecule has 3 heteroatoms. The molecule has 0 aliphatic carbocycles. The molecule has 0 atom stereocenters. The second-order valence-corrected chi connectivity index (χ2v) is 4.42. The summed E-state index contributed by atoms with van der Waals surface area (Å²) in [5.74, 6) is 0.342. The van der Waals surface area contributed by atoms with Crippen molar-refractivity contribution in [1.82, 2.24) is 5.43 Å². The molecule has 0 aliphatic heterocycles. The number of aryl methyl sites for hydroxylation is 2.